The van der Waals surface area contributed by atoms with Gasteiger partial charge in [-0.25, -0.2) is 8.42 Å². The Morgan fingerprint density at radius 2 is 2.17 bits per heavy atom. The zero-order chi connectivity index (χ0) is 13.3. The van der Waals surface area contributed by atoms with Gasteiger partial charge in [-0.05, 0) is 46.1 Å². The van der Waals surface area contributed by atoms with Gasteiger partial charge in [0.2, 0.25) is 0 Å². The summed E-state index contributed by atoms with van der Waals surface area (Å²) < 4.78 is 27.7. The van der Waals surface area contributed by atoms with E-state index in [4.69, 9.17) is 0 Å². The quantitative estimate of drug-likeness (QED) is 0.832. The molecule has 18 heavy (non-hydrogen) atoms. The molecule has 1 saturated carbocycles. The van der Waals surface area contributed by atoms with Crippen molar-refractivity contribution in [3.8, 4) is 0 Å². The van der Waals surface area contributed by atoms with Gasteiger partial charge >= 0.3 is 0 Å². The van der Waals surface area contributed by atoms with Gasteiger partial charge in [0.05, 0.1) is 0 Å². The molecule has 0 aliphatic heterocycles. The summed E-state index contributed by atoms with van der Waals surface area (Å²) >= 11 is 4.58. The van der Waals surface area contributed by atoms with E-state index in [-0.39, 0.29) is 6.04 Å². The molecule has 2 unspecified atom stereocenters. The second kappa shape index (κ2) is 5.61. The van der Waals surface area contributed by atoms with Crippen LogP contribution in [0.2, 0.25) is 0 Å². The number of rotatable bonds is 3. The van der Waals surface area contributed by atoms with E-state index < -0.39 is 10.0 Å². The zero-order valence-corrected chi connectivity index (χ0v) is 13.8. The summed E-state index contributed by atoms with van der Waals surface area (Å²) in [6.45, 7) is 2.20. The minimum absolute atomic E-state index is 0.146. The number of hydrogen-bond acceptors (Lipinski definition) is 3. The van der Waals surface area contributed by atoms with Crippen molar-refractivity contribution in [1.29, 1.82) is 0 Å². The molecule has 102 valence electrons. The highest BCUT2D eigenvalue weighted by Gasteiger charge is 2.32. The summed E-state index contributed by atoms with van der Waals surface area (Å²) in [4.78, 5) is 0. The van der Waals surface area contributed by atoms with E-state index >= 15 is 0 Å². The molecule has 1 aliphatic rings. The lowest BCUT2D eigenvalue weighted by atomic mass is 9.87. The lowest BCUT2D eigenvalue weighted by Gasteiger charge is -2.33. The molecule has 0 saturated heterocycles. The number of sulfonamides is 1. The fourth-order valence-electron chi connectivity index (χ4n) is 2.52. The zero-order valence-electron chi connectivity index (χ0n) is 10.6. The van der Waals surface area contributed by atoms with Crippen molar-refractivity contribution < 1.29 is 8.42 Å². The standard InChI is InChI=1S/C12H18BrNO2S2/c1-9-4-3-5-10(8-9)14(2)18(15,16)12-11(13)6-7-17-12/h6-7,9-10H,3-5,8H2,1-2H3. The SMILES string of the molecule is CC1CCCC(N(C)S(=O)(=O)c2sccc2Br)C1. The van der Waals surface area contributed by atoms with E-state index in [0.717, 1.165) is 19.3 Å². The number of nitrogens with zero attached hydrogens (tertiary/aromatic N) is 1. The van der Waals surface area contributed by atoms with Gasteiger partial charge in [-0.2, -0.15) is 4.31 Å². The predicted molar refractivity (Wildman–Crippen MR) is 78.4 cm³/mol. The Kier molecular flexibility index (Phi) is 4.52. The largest absolute Gasteiger partial charge is 0.253 e. The molecule has 1 aromatic heterocycles. The lowest BCUT2D eigenvalue weighted by Crippen LogP contribution is -2.39. The highest BCUT2D eigenvalue weighted by atomic mass is 79.9. The van der Waals surface area contributed by atoms with E-state index in [2.05, 4.69) is 22.9 Å². The molecule has 2 atom stereocenters. The molecule has 0 amide bonds. The average Bonchev–Trinajstić information content (AvgIpc) is 2.75. The summed E-state index contributed by atoms with van der Waals surface area (Å²) in [6.07, 6.45) is 4.28. The summed E-state index contributed by atoms with van der Waals surface area (Å²) in [5.41, 5.74) is 0. The van der Waals surface area contributed by atoms with Crippen LogP contribution >= 0.6 is 27.3 Å². The molecule has 6 heteroatoms. The maximum Gasteiger partial charge on any atom is 0.253 e. The van der Waals surface area contributed by atoms with E-state index in [0.29, 0.717) is 14.6 Å². The third-order valence-electron chi connectivity index (χ3n) is 3.62. The summed E-state index contributed by atoms with van der Waals surface area (Å²) in [7, 11) is -1.63. The Morgan fingerprint density at radius 1 is 1.44 bits per heavy atom. The van der Waals surface area contributed by atoms with Crippen LogP contribution in [0.3, 0.4) is 0 Å². The number of halogens is 1. The van der Waals surface area contributed by atoms with Crippen LogP contribution in [0.5, 0.6) is 0 Å². The van der Waals surface area contributed by atoms with Gasteiger partial charge in [-0.15, -0.1) is 11.3 Å². The van der Waals surface area contributed by atoms with Crippen LogP contribution in [0.4, 0.5) is 0 Å². The Labute approximate surface area is 121 Å². The fraction of sp³-hybridized carbons (Fsp3) is 0.667. The molecule has 0 bridgehead atoms. The van der Waals surface area contributed by atoms with Gasteiger partial charge in [0, 0.05) is 17.6 Å². The molecular formula is C12H18BrNO2S2. The first-order chi connectivity index (χ1) is 8.43. The summed E-state index contributed by atoms with van der Waals surface area (Å²) in [6, 6.07) is 1.93. The Balaban J connectivity index is 2.22. The van der Waals surface area contributed by atoms with Gasteiger partial charge in [-0.3, -0.25) is 0 Å². The van der Waals surface area contributed by atoms with Crippen molar-refractivity contribution in [2.45, 2.75) is 42.9 Å². The minimum atomic E-state index is -3.34. The van der Waals surface area contributed by atoms with Crippen LogP contribution in [0.1, 0.15) is 32.6 Å². The van der Waals surface area contributed by atoms with Crippen LogP contribution in [-0.2, 0) is 10.0 Å². The van der Waals surface area contributed by atoms with Gasteiger partial charge < -0.3 is 0 Å². The van der Waals surface area contributed by atoms with Gasteiger partial charge in [0.25, 0.3) is 10.0 Å². The van der Waals surface area contributed by atoms with Crippen LogP contribution in [-0.4, -0.2) is 25.8 Å². The first-order valence-corrected chi connectivity index (χ1v) is 9.25. The summed E-state index contributed by atoms with van der Waals surface area (Å²) in [5.74, 6) is 0.619. The van der Waals surface area contributed by atoms with Crippen LogP contribution in [0, 0.1) is 5.92 Å². The monoisotopic (exact) mass is 351 g/mol. The van der Waals surface area contributed by atoms with Crippen molar-refractivity contribution in [3.63, 3.8) is 0 Å². The Bertz CT molecular complexity index is 512. The van der Waals surface area contributed by atoms with E-state index in [1.165, 1.54) is 17.8 Å². The second-order valence-electron chi connectivity index (χ2n) is 5.00. The third-order valence-corrected chi connectivity index (χ3v) is 8.18. The second-order valence-corrected chi connectivity index (χ2v) is 8.97. The van der Waals surface area contributed by atoms with Crippen molar-refractivity contribution in [1.82, 2.24) is 4.31 Å². The van der Waals surface area contributed by atoms with Crippen LogP contribution in [0.25, 0.3) is 0 Å². The van der Waals surface area contributed by atoms with E-state index in [1.807, 2.05) is 0 Å². The third kappa shape index (κ3) is 2.81. The minimum Gasteiger partial charge on any atom is -0.206 e. The van der Waals surface area contributed by atoms with Crippen molar-refractivity contribution in [3.05, 3.63) is 15.9 Å². The molecule has 0 spiro atoms. The van der Waals surface area contributed by atoms with Crippen molar-refractivity contribution in [2.75, 3.05) is 7.05 Å². The smallest absolute Gasteiger partial charge is 0.206 e. The highest BCUT2D eigenvalue weighted by molar-refractivity contribution is 9.10. The average molecular weight is 352 g/mol. The molecule has 0 radical (unpaired) electrons. The molecule has 1 heterocycles. The predicted octanol–water partition coefficient (Wildman–Crippen LogP) is 3.71. The molecule has 1 aliphatic carbocycles. The Hall–Kier alpha value is 0.0900. The normalized spacial score (nSPS) is 25.6. The molecular weight excluding hydrogens is 334 g/mol. The molecule has 1 fully saturated rings. The fourth-order valence-corrected chi connectivity index (χ4v) is 6.40. The van der Waals surface area contributed by atoms with E-state index in [9.17, 15) is 8.42 Å². The maximum atomic E-state index is 12.5. The maximum absolute atomic E-state index is 12.5. The van der Waals surface area contributed by atoms with Gasteiger partial charge in [0.15, 0.2) is 0 Å². The van der Waals surface area contributed by atoms with Crippen molar-refractivity contribution in [2.24, 2.45) is 5.92 Å². The van der Waals surface area contributed by atoms with Crippen LogP contribution < -0.4 is 0 Å². The molecule has 1 aromatic rings. The van der Waals surface area contributed by atoms with E-state index in [1.54, 1.807) is 22.8 Å². The molecule has 0 N–H and O–H groups in total. The highest BCUT2D eigenvalue weighted by Crippen LogP contribution is 2.34. The van der Waals surface area contributed by atoms with Crippen LogP contribution in [0.15, 0.2) is 20.1 Å². The van der Waals surface area contributed by atoms with Gasteiger partial charge in [0.1, 0.15) is 4.21 Å². The van der Waals surface area contributed by atoms with Gasteiger partial charge in [-0.1, -0.05) is 19.8 Å². The molecule has 0 aromatic carbocycles. The number of hydrogen-bond donors (Lipinski definition) is 0. The van der Waals surface area contributed by atoms with Crippen molar-refractivity contribution >= 4 is 37.3 Å². The topological polar surface area (TPSA) is 37.4 Å². The summed E-state index contributed by atoms with van der Waals surface area (Å²) in [5, 5.41) is 1.80. The molecule has 2 rings (SSSR count). The Morgan fingerprint density at radius 3 is 2.72 bits per heavy atom. The molecule has 3 nitrogen and oxygen atoms in total. The number of thiophene rings is 1. The first-order valence-electron chi connectivity index (χ1n) is 6.14. The lowest BCUT2D eigenvalue weighted by molar-refractivity contribution is 0.239. The first kappa shape index (κ1) is 14.5.